The van der Waals surface area contributed by atoms with Crippen LogP contribution in [0.4, 0.5) is 16.2 Å². The summed E-state index contributed by atoms with van der Waals surface area (Å²) in [6, 6.07) is 26.7. The minimum Gasteiger partial charge on any atom is -0.497 e. The molecule has 2 N–H and O–H groups in total. The topological polar surface area (TPSA) is 114 Å². The fourth-order valence-corrected chi connectivity index (χ4v) is 7.22. The van der Waals surface area contributed by atoms with Crippen LogP contribution in [0, 0.1) is 5.92 Å². The first-order chi connectivity index (χ1) is 22.2. The van der Waals surface area contributed by atoms with E-state index in [0.717, 1.165) is 5.56 Å². The second-order valence-electron chi connectivity index (χ2n) is 11.3. The van der Waals surface area contributed by atoms with Crippen LogP contribution in [0.15, 0.2) is 102 Å². The highest BCUT2D eigenvalue weighted by molar-refractivity contribution is 9.10. The molecule has 10 heteroatoms. The zero-order valence-electron chi connectivity index (χ0n) is 25.5. The molecule has 3 amide bonds. The first-order valence-corrected chi connectivity index (χ1v) is 15.7. The number of fused-ring (bicyclic) bond motifs is 2. The number of urea groups is 1. The highest BCUT2D eigenvalue weighted by Crippen LogP contribution is 2.59. The highest BCUT2D eigenvalue weighted by Gasteiger charge is 2.69. The third-order valence-electron chi connectivity index (χ3n) is 8.81. The van der Waals surface area contributed by atoms with E-state index >= 15 is 0 Å². The van der Waals surface area contributed by atoms with Gasteiger partial charge in [0.15, 0.2) is 11.3 Å². The Morgan fingerprint density at radius 1 is 0.935 bits per heavy atom. The summed E-state index contributed by atoms with van der Waals surface area (Å²) in [6.45, 7) is 3.83. The van der Waals surface area contributed by atoms with Crippen molar-refractivity contribution in [1.82, 2.24) is 4.90 Å². The van der Waals surface area contributed by atoms with Gasteiger partial charge in [-0.15, -0.1) is 0 Å². The highest BCUT2D eigenvalue weighted by atomic mass is 79.9. The van der Waals surface area contributed by atoms with Crippen molar-refractivity contribution in [2.24, 2.45) is 5.92 Å². The number of likely N-dealkylation sites (tertiary alicyclic amines) is 1. The summed E-state index contributed by atoms with van der Waals surface area (Å²) in [5, 5.41) is 5.91. The van der Waals surface area contributed by atoms with E-state index in [9.17, 15) is 19.2 Å². The summed E-state index contributed by atoms with van der Waals surface area (Å²) < 4.78 is 11.2. The number of esters is 1. The number of carbonyl (C=O) groups is 4. The van der Waals surface area contributed by atoms with Gasteiger partial charge in [0.2, 0.25) is 0 Å². The molecule has 4 aromatic rings. The molecule has 1 saturated heterocycles. The van der Waals surface area contributed by atoms with Gasteiger partial charge in [0.05, 0.1) is 25.2 Å². The molecule has 2 heterocycles. The lowest BCUT2D eigenvalue weighted by atomic mass is 9.69. The Labute approximate surface area is 275 Å². The van der Waals surface area contributed by atoms with Crippen molar-refractivity contribution in [3.05, 3.63) is 124 Å². The number of nitrogens with zero attached hydrogens (tertiary/aromatic N) is 1. The van der Waals surface area contributed by atoms with Crippen molar-refractivity contribution < 1.29 is 28.7 Å². The predicted octanol–water partition coefficient (Wildman–Crippen LogP) is 7.00. The number of rotatable bonds is 7. The normalized spacial score (nSPS) is 21.4. The lowest BCUT2D eigenvalue weighted by Gasteiger charge is -2.38. The van der Waals surface area contributed by atoms with E-state index in [2.05, 4.69) is 26.6 Å². The second-order valence-corrected chi connectivity index (χ2v) is 12.2. The largest absolute Gasteiger partial charge is 0.497 e. The van der Waals surface area contributed by atoms with Gasteiger partial charge >= 0.3 is 12.0 Å². The molecule has 0 saturated carbocycles. The molecule has 2 aliphatic rings. The summed E-state index contributed by atoms with van der Waals surface area (Å²) >= 11 is 3.55. The van der Waals surface area contributed by atoms with Gasteiger partial charge in [-0.05, 0) is 74.0 Å². The molecule has 0 aromatic heterocycles. The number of ketones is 1. The first-order valence-electron chi connectivity index (χ1n) is 14.9. The Balaban J connectivity index is 1.53. The molecule has 234 valence electrons. The van der Waals surface area contributed by atoms with Crippen molar-refractivity contribution in [2.75, 3.05) is 24.4 Å². The van der Waals surface area contributed by atoms with Crippen LogP contribution in [-0.2, 0) is 15.1 Å². The number of anilines is 2. The maximum atomic E-state index is 14.8. The molecule has 0 radical (unpaired) electrons. The Hall–Kier alpha value is -4.96. The minimum atomic E-state index is -1.70. The van der Waals surface area contributed by atoms with Crippen LogP contribution in [0.25, 0.3) is 0 Å². The number of halogens is 1. The van der Waals surface area contributed by atoms with Crippen LogP contribution in [0.1, 0.15) is 51.6 Å². The smallest absolute Gasteiger partial charge is 0.338 e. The van der Waals surface area contributed by atoms with Gasteiger partial charge in [-0.2, -0.15) is 0 Å². The number of hydrogen-bond donors (Lipinski definition) is 2. The summed E-state index contributed by atoms with van der Waals surface area (Å²) in [7, 11) is 1.58. The zero-order valence-corrected chi connectivity index (χ0v) is 27.0. The average molecular weight is 683 g/mol. The van der Waals surface area contributed by atoms with E-state index in [1.165, 1.54) is 4.90 Å². The van der Waals surface area contributed by atoms with Crippen molar-refractivity contribution >= 4 is 51.0 Å². The van der Waals surface area contributed by atoms with Crippen LogP contribution in [0.2, 0.25) is 0 Å². The summed E-state index contributed by atoms with van der Waals surface area (Å²) in [5.41, 5.74) is 1.32. The molecule has 6 rings (SSSR count). The van der Waals surface area contributed by atoms with Gasteiger partial charge < -0.3 is 25.0 Å². The molecule has 4 atom stereocenters. The molecule has 0 aliphatic carbocycles. The number of methoxy groups -OCH3 is 1. The fourth-order valence-electron chi connectivity index (χ4n) is 6.86. The van der Waals surface area contributed by atoms with Crippen LogP contribution >= 0.6 is 15.9 Å². The summed E-state index contributed by atoms with van der Waals surface area (Å²) in [6.07, 6.45) is 0. The van der Waals surface area contributed by atoms with Crippen LogP contribution < -0.4 is 15.4 Å². The predicted molar refractivity (Wildman–Crippen MR) is 177 cm³/mol. The first kappa shape index (κ1) is 31.0. The Morgan fingerprint density at radius 2 is 1.63 bits per heavy atom. The quantitative estimate of drug-likeness (QED) is 0.160. The summed E-state index contributed by atoms with van der Waals surface area (Å²) in [5.74, 6) is -2.13. The number of amides is 3. The van der Waals surface area contributed by atoms with E-state index < -0.39 is 41.3 Å². The standard InChI is InChI=1S/C36H32BrN3O6/c1-4-46-33(42)24-10-15-26(16-11-24)38-35(44)40-21(2)30(22-12-17-27(45-3)18-13-22)31(32(41)23-8-6-5-7-9-23)36(40)28-20-25(37)14-19-29(28)39-34(36)43/h5-21,30-31H,4H2,1-3H3,(H,38,44)(H,39,43). The van der Waals surface area contributed by atoms with Gasteiger partial charge in [-0.25, -0.2) is 9.59 Å². The Kier molecular flexibility index (Phi) is 8.39. The van der Waals surface area contributed by atoms with Crippen LogP contribution in [-0.4, -0.2) is 48.3 Å². The number of carbonyl (C=O) groups excluding carboxylic acids is 4. The SMILES string of the molecule is CCOC(=O)c1ccc(NC(=O)N2C(C)C(c3ccc(OC)cc3)C(C(=O)c3ccccc3)C23C(=O)Nc2ccc(Br)cc23)cc1. The Morgan fingerprint density at radius 3 is 2.28 bits per heavy atom. The molecule has 1 spiro atoms. The molecule has 1 fully saturated rings. The number of hydrogen-bond acceptors (Lipinski definition) is 6. The van der Waals surface area contributed by atoms with Crippen LogP contribution in [0.5, 0.6) is 5.75 Å². The zero-order chi connectivity index (χ0) is 32.6. The Bertz CT molecular complexity index is 1810. The molecule has 2 aliphatic heterocycles. The van der Waals surface area contributed by atoms with E-state index in [1.807, 2.05) is 37.3 Å². The molecular weight excluding hydrogens is 650 g/mol. The number of Topliss-reactive ketones (excluding diaryl/α,β-unsaturated/α-hetero) is 1. The molecule has 4 unspecified atom stereocenters. The minimum absolute atomic E-state index is 0.240. The molecule has 4 aromatic carbocycles. The lowest BCUT2D eigenvalue weighted by molar-refractivity contribution is -0.126. The number of nitrogens with one attached hydrogen (secondary N) is 2. The van der Waals surface area contributed by atoms with E-state index in [-0.39, 0.29) is 12.4 Å². The number of ether oxygens (including phenoxy) is 2. The van der Waals surface area contributed by atoms with Gasteiger partial charge in [0, 0.05) is 38.9 Å². The second kappa shape index (κ2) is 12.4. The fraction of sp³-hybridized carbons (Fsp3) is 0.222. The summed E-state index contributed by atoms with van der Waals surface area (Å²) in [4.78, 5) is 57.5. The number of benzene rings is 4. The maximum Gasteiger partial charge on any atom is 0.338 e. The molecule has 9 nitrogen and oxygen atoms in total. The van der Waals surface area contributed by atoms with Gasteiger partial charge in [0.25, 0.3) is 5.91 Å². The van der Waals surface area contributed by atoms with Crippen molar-refractivity contribution in [3.63, 3.8) is 0 Å². The lowest BCUT2D eigenvalue weighted by Crippen LogP contribution is -2.57. The van der Waals surface area contributed by atoms with Crippen molar-refractivity contribution in [1.29, 1.82) is 0 Å². The van der Waals surface area contributed by atoms with Crippen LogP contribution in [0.3, 0.4) is 0 Å². The molecular formula is C36H32BrN3O6. The molecule has 0 bridgehead atoms. The van der Waals surface area contributed by atoms with Gasteiger partial charge in [-0.1, -0.05) is 58.4 Å². The van der Waals surface area contributed by atoms with E-state index in [4.69, 9.17) is 9.47 Å². The third kappa shape index (κ3) is 5.12. The molecule has 46 heavy (non-hydrogen) atoms. The third-order valence-corrected chi connectivity index (χ3v) is 9.30. The van der Waals surface area contributed by atoms with E-state index in [0.29, 0.717) is 38.3 Å². The van der Waals surface area contributed by atoms with Gasteiger partial charge in [-0.3, -0.25) is 9.59 Å². The van der Waals surface area contributed by atoms with Gasteiger partial charge in [0.1, 0.15) is 5.75 Å². The average Bonchev–Trinajstić information content (AvgIpc) is 3.51. The van der Waals surface area contributed by atoms with Crippen molar-refractivity contribution in [2.45, 2.75) is 31.3 Å². The monoisotopic (exact) mass is 681 g/mol. The maximum absolute atomic E-state index is 14.8. The van der Waals surface area contributed by atoms with E-state index in [1.54, 1.807) is 80.8 Å². The van der Waals surface area contributed by atoms with Crippen molar-refractivity contribution in [3.8, 4) is 5.75 Å².